The maximum absolute atomic E-state index is 12.7. The van der Waals surface area contributed by atoms with Crippen LogP contribution in [0.25, 0.3) is 11.3 Å². The smallest absolute Gasteiger partial charge is 0.261 e. The van der Waals surface area contributed by atoms with Crippen LogP contribution in [-0.4, -0.2) is 38.1 Å². The van der Waals surface area contributed by atoms with Crippen molar-refractivity contribution >= 4 is 45.9 Å². The Morgan fingerprint density at radius 1 is 1.24 bits per heavy atom. The predicted molar refractivity (Wildman–Crippen MR) is 104 cm³/mol. The zero-order valence-corrected chi connectivity index (χ0v) is 16.0. The van der Waals surface area contributed by atoms with E-state index in [0.717, 1.165) is 15.7 Å². The van der Waals surface area contributed by atoms with Gasteiger partial charge in [0.1, 0.15) is 0 Å². The lowest BCUT2D eigenvalue weighted by Crippen LogP contribution is -2.14. The average molecular weight is 390 g/mol. The summed E-state index contributed by atoms with van der Waals surface area (Å²) >= 11 is 4.38. The molecule has 1 aromatic carbocycles. The van der Waals surface area contributed by atoms with Crippen molar-refractivity contribution in [3.63, 3.8) is 0 Å². The summed E-state index contributed by atoms with van der Waals surface area (Å²) in [6, 6.07) is 9.59. The van der Waals surface area contributed by atoms with Gasteiger partial charge < -0.3 is 0 Å². The minimum Gasteiger partial charge on any atom is -0.296 e. The molecule has 0 spiro atoms. The first-order chi connectivity index (χ1) is 12.2. The second kappa shape index (κ2) is 8.41. The number of hydrogen-bond donors (Lipinski definition) is 1. The molecule has 2 heterocycles. The summed E-state index contributed by atoms with van der Waals surface area (Å²) in [5, 5.41) is 11.9. The normalized spacial score (nSPS) is 10.6. The fraction of sp³-hybridized carbons (Fsp3) is 0.188. The zero-order valence-electron chi connectivity index (χ0n) is 13.6. The minimum atomic E-state index is -0.296. The number of nitrogens with zero attached hydrogens (tertiary/aromatic N) is 4. The lowest BCUT2D eigenvalue weighted by molar-refractivity contribution is 0.102. The standard InChI is InChI=1S/C16H15N5OS3/c1-3-24-16-21-20-15(25-16)19-13(22)11-9-17-14(23-2)18-12(11)10-7-5-4-6-8-10/h4-9H,3H2,1-2H3,(H,19,20,22). The van der Waals surface area contributed by atoms with Crippen molar-refractivity contribution in [1.82, 2.24) is 20.2 Å². The topological polar surface area (TPSA) is 80.7 Å². The van der Waals surface area contributed by atoms with E-state index in [-0.39, 0.29) is 5.91 Å². The van der Waals surface area contributed by atoms with E-state index in [1.807, 2.05) is 43.5 Å². The summed E-state index contributed by atoms with van der Waals surface area (Å²) in [6.45, 7) is 2.04. The van der Waals surface area contributed by atoms with E-state index in [9.17, 15) is 4.79 Å². The molecule has 2 aromatic heterocycles. The molecule has 0 atom stereocenters. The first kappa shape index (κ1) is 17.8. The molecular weight excluding hydrogens is 374 g/mol. The summed E-state index contributed by atoms with van der Waals surface area (Å²) in [4.78, 5) is 21.5. The van der Waals surface area contributed by atoms with E-state index >= 15 is 0 Å². The molecule has 6 nitrogen and oxygen atoms in total. The molecule has 0 aliphatic heterocycles. The first-order valence-corrected chi connectivity index (χ1v) is 10.5. The Morgan fingerprint density at radius 2 is 2.04 bits per heavy atom. The quantitative estimate of drug-likeness (QED) is 0.386. The fourth-order valence-corrected chi connectivity index (χ4v) is 4.04. The molecule has 0 aliphatic rings. The van der Waals surface area contributed by atoms with Crippen molar-refractivity contribution in [2.45, 2.75) is 16.4 Å². The number of carbonyl (C=O) groups is 1. The summed E-state index contributed by atoms with van der Waals surface area (Å²) in [6.07, 6.45) is 3.46. The highest BCUT2D eigenvalue weighted by Crippen LogP contribution is 2.27. The first-order valence-electron chi connectivity index (χ1n) is 7.45. The molecule has 0 unspecified atom stereocenters. The summed E-state index contributed by atoms with van der Waals surface area (Å²) < 4.78 is 0.829. The van der Waals surface area contributed by atoms with E-state index in [0.29, 0.717) is 21.5 Å². The molecule has 0 saturated heterocycles. The number of aromatic nitrogens is 4. The summed E-state index contributed by atoms with van der Waals surface area (Å²) in [7, 11) is 0. The second-order valence-electron chi connectivity index (χ2n) is 4.75. The van der Waals surface area contributed by atoms with Crippen LogP contribution in [0.4, 0.5) is 5.13 Å². The molecule has 0 fully saturated rings. The maximum Gasteiger partial charge on any atom is 0.261 e. The molecule has 128 valence electrons. The van der Waals surface area contributed by atoms with Gasteiger partial charge in [0.15, 0.2) is 9.50 Å². The SMILES string of the molecule is CCSc1nnc(NC(=O)c2cnc(SC)nc2-c2ccccc2)s1. The van der Waals surface area contributed by atoms with Gasteiger partial charge in [-0.2, -0.15) is 0 Å². The molecule has 25 heavy (non-hydrogen) atoms. The molecule has 1 N–H and O–H groups in total. The van der Waals surface area contributed by atoms with E-state index in [1.54, 1.807) is 18.0 Å². The number of rotatable bonds is 6. The van der Waals surface area contributed by atoms with E-state index in [1.165, 1.54) is 23.1 Å². The van der Waals surface area contributed by atoms with Gasteiger partial charge >= 0.3 is 0 Å². The third-order valence-electron chi connectivity index (χ3n) is 3.14. The Hall–Kier alpha value is -1.97. The van der Waals surface area contributed by atoms with Gasteiger partial charge in [-0.15, -0.1) is 10.2 Å². The van der Waals surface area contributed by atoms with Crippen molar-refractivity contribution in [3.05, 3.63) is 42.1 Å². The Kier molecular flexibility index (Phi) is 6.00. The van der Waals surface area contributed by atoms with Crippen LogP contribution >= 0.6 is 34.9 Å². The van der Waals surface area contributed by atoms with Crippen molar-refractivity contribution < 1.29 is 4.79 Å². The van der Waals surface area contributed by atoms with Gasteiger partial charge in [-0.3, -0.25) is 10.1 Å². The maximum atomic E-state index is 12.7. The molecule has 0 aliphatic carbocycles. The van der Waals surface area contributed by atoms with Gasteiger partial charge in [-0.25, -0.2) is 9.97 Å². The third-order valence-corrected chi connectivity index (χ3v) is 5.55. The largest absolute Gasteiger partial charge is 0.296 e. The van der Waals surface area contributed by atoms with Gasteiger partial charge in [-0.1, -0.05) is 72.1 Å². The minimum absolute atomic E-state index is 0.296. The van der Waals surface area contributed by atoms with Crippen LogP contribution in [0.3, 0.4) is 0 Å². The van der Waals surface area contributed by atoms with Gasteiger partial charge in [-0.05, 0) is 12.0 Å². The van der Waals surface area contributed by atoms with Crippen LogP contribution in [0.5, 0.6) is 0 Å². The van der Waals surface area contributed by atoms with Crippen LogP contribution in [0.2, 0.25) is 0 Å². The third kappa shape index (κ3) is 4.36. The number of benzene rings is 1. The number of anilines is 1. The molecule has 0 saturated carbocycles. The Labute approximate surface area is 157 Å². The highest BCUT2D eigenvalue weighted by Gasteiger charge is 2.18. The number of amides is 1. The van der Waals surface area contributed by atoms with Gasteiger partial charge in [0.05, 0.1) is 11.3 Å². The molecule has 0 radical (unpaired) electrons. The van der Waals surface area contributed by atoms with Crippen LogP contribution in [0.15, 0.2) is 46.0 Å². The molecule has 1 amide bonds. The fourth-order valence-electron chi connectivity index (χ4n) is 2.05. The van der Waals surface area contributed by atoms with Gasteiger partial charge in [0.25, 0.3) is 5.91 Å². The average Bonchev–Trinajstić information content (AvgIpc) is 3.09. The van der Waals surface area contributed by atoms with Crippen molar-refractivity contribution in [2.24, 2.45) is 0 Å². The van der Waals surface area contributed by atoms with Crippen LogP contribution in [-0.2, 0) is 0 Å². The van der Waals surface area contributed by atoms with Crippen LogP contribution < -0.4 is 5.32 Å². The second-order valence-corrected chi connectivity index (χ2v) is 8.01. The number of nitrogens with one attached hydrogen (secondary N) is 1. The molecule has 3 rings (SSSR count). The Morgan fingerprint density at radius 3 is 2.76 bits per heavy atom. The number of hydrogen-bond acceptors (Lipinski definition) is 8. The summed E-state index contributed by atoms with van der Waals surface area (Å²) in [5.41, 5.74) is 1.87. The van der Waals surface area contributed by atoms with E-state index in [4.69, 9.17) is 0 Å². The van der Waals surface area contributed by atoms with Crippen molar-refractivity contribution in [3.8, 4) is 11.3 Å². The number of carbonyl (C=O) groups excluding carboxylic acids is 1. The van der Waals surface area contributed by atoms with Crippen molar-refractivity contribution in [2.75, 3.05) is 17.3 Å². The van der Waals surface area contributed by atoms with Crippen LogP contribution in [0, 0.1) is 0 Å². The Balaban J connectivity index is 1.91. The number of thioether (sulfide) groups is 2. The molecule has 9 heteroatoms. The lowest BCUT2D eigenvalue weighted by Gasteiger charge is -2.09. The van der Waals surface area contributed by atoms with E-state index < -0.39 is 0 Å². The molecule has 3 aromatic rings. The van der Waals surface area contributed by atoms with Crippen molar-refractivity contribution in [1.29, 1.82) is 0 Å². The summed E-state index contributed by atoms with van der Waals surface area (Å²) in [5.74, 6) is 0.612. The molecular formula is C16H15N5OS3. The van der Waals surface area contributed by atoms with E-state index in [2.05, 4.69) is 25.5 Å². The monoisotopic (exact) mass is 389 g/mol. The zero-order chi connectivity index (χ0) is 17.6. The predicted octanol–water partition coefficient (Wildman–Crippen LogP) is 4.08. The lowest BCUT2D eigenvalue weighted by atomic mass is 10.1. The highest BCUT2D eigenvalue weighted by atomic mass is 32.2. The molecule has 0 bridgehead atoms. The highest BCUT2D eigenvalue weighted by molar-refractivity contribution is 8.01. The van der Waals surface area contributed by atoms with Gasteiger partial charge in [0.2, 0.25) is 5.13 Å². The Bertz CT molecular complexity index is 869. The van der Waals surface area contributed by atoms with Crippen LogP contribution in [0.1, 0.15) is 17.3 Å². The van der Waals surface area contributed by atoms with Gasteiger partial charge in [0, 0.05) is 11.8 Å².